The van der Waals surface area contributed by atoms with Gasteiger partial charge in [0.15, 0.2) is 0 Å². The Labute approximate surface area is 99.3 Å². The van der Waals surface area contributed by atoms with Gasteiger partial charge in [-0.15, -0.1) is 0 Å². The molecule has 88 valence electrons. The molecule has 3 atom stereocenters. The summed E-state index contributed by atoms with van der Waals surface area (Å²) in [6.07, 6.45) is 4.12. The molecule has 1 aromatic rings. The maximum atomic E-state index is 3.79. The molecular formula is C15H23N. The quantitative estimate of drug-likeness (QED) is 0.811. The van der Waals surface area contributed by atoms with Crippen molar-refractivity contribution >= 4 is 0 Å². The minimum absolute atomic E-state index is 0.478. The molecule has 1 aliphatic rings. The largest absolute Gasteiger partial charge is 0.307 e. The van der Waals surface area contributed by atoms with E-state index in [4.69, 9.17) is 0 Å². The first-order chi connectivity index (χ1) is 7.68. The van der Waals surface area contributed by atoms with Crippen LogP contribution in [0.1, 0.15) is 50.3 Å². The molecule has 0 spiro atoms. The first-order valence-electron chi connectivity index (χ1n) is 6.50. The molecule has 1 heteroatoms. The van der Waals surface area contributed by atoms with Gasteiger partial charge >= 0.3 is 0 Å². The molecule has 1 aliphatic carbocycles. The van der Waals surface area contributed by atoms with Gasteiger partial charge in [0.2, 0.25) is 0 Å². The summed E-state index contributed by atoms with van der Waals surface area (Å²) in [4.78, 5) is 0. The second-order valence-electron chi connectivity index (χ2n) is 5.26. The Morgan fingerprint density at radius 3 is 2.62 bits per heavy atom. The number of rotatable bonds is 3. The van der Waals surface area contributed by atoms with E-state index in [0.717, 1.165) is 12.0 Å². The van der Waals surface area contributed by atoms with Crippen LogP contribution in [-0.4, -0.2) is 6.04 Å². The van der Waals surface area contributed by atoms with Gasteiger partial charge in [0.25, 0.3) is 0 Å². The van der Waals surface area contributed by atoms with Gasteiger partial charge in [-0.3, -0.25) is 0 Å². The molecule has 2 rings (SSSR count). The summed E-state index contributed by atoms with van der Waals surface area (Å²) in [5.41, 5.74) is 2.84. The average molecular weight is 217 g/mol. The molecule has 1 nitrogen and oxygen atoms in total. The second-order valence-corrected chi connectivity index (χ2v) is 5.26. The van der Waals surface area contributed by atoms with Gasteiger partial charge in [-0.2, -0.15) is 0 Å². The first-order valence-corrected chi connectivity index (χ1v) is 6.50. The summed E-state index contributed by atoms with van der Waals surface area (Å²) in [5, 5.41) is 3.79. The van der Waals surface area contributed by atoms with Crippen LogP contribution in [0, 0.1) is 12.8 Å². The van der Waals surface area contributed by atoms with Gasteiger partial charge in [-0.25, -0.2) is 0 Å². The Kier molecular flexibility index (Phi) is 3.65. The molecular weight excluding hydrogens is 194 g/mol. The Morgan fingerprint density at radius 1 is 1.25 bits per heavy atom. The fraction of sp³-hybridized carbons (Fsp3) is 0.600. The lowest BCUT2D eigenvalue weighted by Crippen LogP contribution is -2.33. The highest BCUT2D eigenvalue weighted by Gasteiger charge is 2.24. The third kappa shape index (κ3) is 2.46. The number of hydrogen-bond acceptors (Lipinski definition) is 1. The number of nitrogens with one attached hydrogen (secondary N) is 1. The predicted molar refractivity (Wildman–Crippen MR) is 69.5 cm³/mol. The van der Waals surface area contributed by atoms with E-state index in [2.05, 4.69) is 50.4 Å². The molecule has 0 radical (unpaired) electrons. The van der Waals surface area contributed by atoms with Crippen LogP contribution in [-0.2, 0) is 0 Å². The van der Waals surface area contributed by atoms with Crippen molar-refractivity contribution in [2.75, 3.05) is 0 Å². The van der Waals surface area contributed by atoms with Gasteiger partial charge < -0.3 is 5.32 Å². The van der Waals surface area contributed by atoms with Crippen LogP contribution in [0.3, 0.4) is 0 Å². The van der Waals surface area contributed by atoms with E-state index >= 15 is 0 Å². The monoisotopic (exact) mass is 217 g/mol. The van der Waals surface area contributed by atoms with Crippen molar-refractivity contribution < 1.29 is 0 Å². The van der Waals surface area contributed by atoms with Crippen LogP contribution in [0.5, 0.6) is 0 Å². The molecule has 0 saturated heterocycles. The van der Waals surface area contributed by atoms with E-state index in [9.17, 15) is 0 Å². The van der Waals surface area contributed by atoms with E-state index in [1.165, 1.54) is 30.4 Å². The Bertz CT molecular complexity index is 345. The molecule has 1 aromatic carbocycles. The van der Waals surface area contributed by atoms with Gasteiger partial charge in [0, 0.05) is 12.1 Å². The molecule has 16 heavy (non-hydrogen) atoms. The normalized spacial score (nSPS) is 26.9. The number of benzene rings is 1. The van der Waals surface area contributed by atoms with Crippen LogP contribution >= 0.6 is 0 Å². The van der Waals surface area contributed by atoms with Crippen molar-refractivity contribution in [2.45, 2.75) is 52.1 Å². The summed E-state index contributed by atoms with van der Waals surface area (Å²) in [6.45, 7) is 6.86. The predicted octanol–water partition coefficient (Wildman–Crippen LogP) is 3.83. The van der Waals surface area contributed by atoms with E-state index in [0.29, 0.717) is 6.04 Å². The smallest absolute Gasteiger partial charge is 0.0297 e. The maximum Gasteiger partial charge on any atom is 0.0297 e. The van der Waals surface area contributed by atoms with E-state index in [1.54, 1.807) is 0 Å². The highest BCUT2D eigenvalue weighted by molar-refractivity contribution is 5.28. The highest BCUT2D eigenvalue weighted by Crippen LogP contribution is 2.27. The third-order valence-corrected chi connectivity index (χ3v) is 3.98. The van der Waals surface area contributed by atoms with Gasteiger partial charge in [-0.05, 0) is 43.7 Å². The molecule has 0 aliphatic heterocycles. The molecule has 1 saturated carbocycles. The van der Waals surface area contributed by atoms with Crippen molar-refractivity contribution in [3.8, 4) is 0 Å². The lowest BCUT2D eigenvalue weighted by atomic mass is 9.99. The summed E-state index contributed by atoms with van der Waals surface area (Å²) >= 11 is 0. The van der Waals surface area contributed by atoms with Crippen LogP contribution < -0.4 is 5.32 Å². The maximum absolute atomic E-state index is 3.79. The Hall–Kier alpha value is -0.820. The van der Waals surface area contributed by atoms with Crippen LogP contribution in [0.25, 0.3) is 0 Å². The van der Waals surface area contributed by atoms with Crippen molar-refractivity contribution in [2.24, 2.45) is 5.92 Å². The SMILES string of the molecule is Cc1ccccc1[C@@H](C)NC1CCCC1C. The van der Waals surface area contributed by atoms with Crippen LogP contribution in [0.2, 0.25) is 0 Å². The zero-order valence-corrected chi connectivity index (χ0v) is 10.7. The van der Waals surface area contributed by atoms with Crippen LogP contribution in [0.15, 0.2) is 24.3 Å². The topological polar surface area (TPSA) is 12.0 Å². The molecule has 0 bridgehead atoms. The van der Waals surface area contributed by atoms with Gasteiger partial charge in [-0.1, -0.05) is 37.6 Å². The fourth-order valence-electron chi connectivity index (χ4n) is 2.88. The van der Waals surface area contributed by atoms with E-state index < -0.39 is 0 Å². The zero-order valence-electron chi connectivity index (χ0n) is 10.7. The van der Waals surface area contributed by atoms with Crippen molar-refractivity contribution in [3.63, 3.8) is 0 Å². The first kappa shape index (κ1) is 11.7. The minimum Gasteiger partial charge on any atom is -0.307 e. The summed E-state index contributed by atoms with van der Waals surface area (Å²) in [6, 6.07) is 9.89. The number of aryl methyl sites for hydroxylation is 1. The van der Waals surface area contributed by atoms with Gasteiger partial charge in [0.05, 0.1) is 0 Å². The lowest BCUT2D eigenvalue weighted by Gasteiger charge is -2.24. The Balaban J connectivity index is 2.03. The Morgan fingerprint density at radius 2 is 2.00 bits per heavy atom. The molecule has 0 heterocycles. The molecule has 1 fully saturated rings. The van der Waals surface area contributed by atoms with Crippen molar-refractivity contribution in [3.05, 3.63) is 35.4 Å². The lowest BCUT2D eigenvalue weighted by molar-refractivity contribution is 0.388. The summed E-state index contributed by atoms with van der Waals surface area (Å²) in [5.74, 6) is 0.839. The molecule has 0 aromatic heterocycles. The molecule has 1 N–H and O–H groups in total. The third-order valence-electron chi connectivity index (χ3n) is 3.98. The van der Waals surface area contributed by atoms with Crippen molar-refractivity contribution in [1.82, 2.24) is 5.32 Å². The standard InChI is InChI=1S/C15H23N/c1-11-7-4-5-9-14(11)13(3)16-15-10-6-8-12(15)2/h4-5,7,9,12-13,15-16H,6,8,10H2,1-3H3/t12?,13-,15?/m1/s1. The van der Waals surface area contributed by atoms with Crippen LogP contribution in [0.4, 0.5) is 0 Å². The molecule has 0 amide bonds. The summed E-state index contributed by atoms with van der Waals surface area (Å²) < 4.78 is 0. The van der Waals surface area contributed by atoms with E-state index in [1.807, 2.05) is 0 Å². The highest BCUT2D eigenvalue weighted by atomic mass is 15.0. The summed E-state index contributed by atoms with van der Waals surface area (Å²) in [7, 11) is 0. The van der Waals surface area contributed by atoms with Crippen molar-refractivity contribution in [1.29, 1.82) is 0 Å². The minimum atomic E-state index is 0.478. The average Bonchev–Trinajstić information content (AvgIpc) is 2.65. The fourth-order valence-corrected chi connectivity index (χ4v) is 2.88. The van der Waals surface area contributed by atoms with Gasteiger partial charge in [0.1, 0.15) is 0 Å². The molecule has 2 unspecified atom stereocenters. The zero-order chi connectivity index (χ0) is 11.5. The van der Waals surface area contributed by atoms with E-state index in [-0.39, 0.29) is 0 Å². The number of hydrogen-bond donors (Lipinski definition) is 1. The second kappa shape index (κ2) is 5.01.